The lowest BCUT2D eigenvalue weighted by molar-refractivity contribution is -0.135. The van der Waals surface area contributed by atoms with Gasteiger partial charge in [-0.1, -0.05) is 40.9 Å². The zero-order valence-electron chi connectivity index (χ0n) is 12.7. The molecule has 0 saturated heterocycles. The number of anilines is 1. The van der Waals surface area contributed by atoms with Crippen LogP contribution in [-0.4, -0.2) is 33.1 Å². The molecule has 6 nitrogen and oxygen atoms in total. The standard InChI is InChI=1S/C15H12Cl3NO5S/c1-24-11-5-6-12(15(18)14(11)17)25(22,23)19(8-13(20)21)10-4-2-3-9(16)7-10/h2-7H,8H2,1H3,(H,20,21). The third-order valence-electron chi connectivity index (χ3n) is 3.17. The molecule has 0 saturated carbocycles. The largest absolute Gasteiger partial charge is 0.495 e. The van der Waals surface area contributed by atoms with Gasteiger partial charge in [0.1, 0.15) is 22.2 Å². The highest BCUT2D eigenvalue weighted by atomic mass is 35.5. The molecule has 25 heavy (non-hydrogen) atoms. The van der Waals surface area contributed by atoms with Crippen molar-refractivity contribution in [2.75, 3.05) is 18.0 Å². The van der Waals surface area contributed by atoms with Gasteiger partial charge in [-0.3, -0.25) is 9.10 Å². The Hall–Kier alpha value is -1.67. The van der Waals surface area contributed by atoms with E-state index in [0.717, 1.165) is 0 Å². The van der Waals surface area contributed by atoms with Crippen LogP contribution in [0, 0.1) is 0 Å². The molecule has 0 atom stereocenters. The van der Waals surface area contributed by atoms with E-state index in [1.54, 1.807) is 0 Å². The van der Waals surface area contributed by atoms with Crippen molar-refractivity contribution in [2.24, 2.45) is 0 Å². The number of carbonyl (C=O) groups is 1. The lowest BCUT2D eigenvalue weighted by atomic mass is 10.3. The van der Waals surface area contributed by atoms with Crippen molar-refractivity contribution in [2.45, 2.75) is 4.90 Å². The van der Waals surface area contributed by atoms with E-state index < -0.39 is 22.5 Å². The number of benzene rings is 2. The van der Waals surface area contributed by atoms with E-state index >= 15 is 0 Å². The average molecular weight is 425 g/mol. The number of sulfonamides is 1. The van der Waals surface area contributed by atoms with Crippen LogP contribution in [0.3, 0.4) is 0 Å². The molecule has 2 rings (SSSR count). The summed E-state index contributed by atoms with van der Waals surface area (Å²) in [6, 6.07) is 8.32. The Morgan fingerprint density at radius 3 is 2.40 bits per heavy atom. The number of hydrogen-bond donors (Lipinski definition) is 1. The van der Waals surface area contributed by atoms with Gasteiger partial charge in [-0.25, -0.2) is 8.42 Å². The van der Waals surface area contributed by atoms with Crippen LogP contribution in [0.1, 0.15) is 0 Å². The van der Waals surface area contributed by atoms with Crippen LogP contribution in [-0.2, 0) is 14.8 Å². The molecule has 0 aromatic heterocycles. The van der Waals surface area contributed by atoms with Gasteiger partial charge in [-0.2, -0.15) is 0 Å². The molecule has 0 aliphatic rings. The van der Waals surface area contributed by atoms with Crippen LogP contribution in [0.2, 0.25) is 15.1 Å². The maximum Gasteiger partial charge on any atom is 0.324 e. The van der Waals surface area contributed by atoms with Crippen LogP contribution in [0.4, 0.5) is 5.69 Å². The number of carboxylic acids is 1. The minimum atomic E-state index is -4.32. The number of rotatable bonds is 6. The number of ether oxygens (including phenoxy) is 1. The second-order valence-corrected chi connectivity index (χ2v) is 7.80. The normalized spacial score (nSPS) is 11.2. The molecule has 0 spiro atoms. The zero-order chi connectivity index (χ0) is 18.8. The Kier molecular flexibility index (Phi) is 6.05. The Bertz CT molecular complexity index is 917. The first-order valence-corrected chi connectivity index (χ1v) is 9.28. The van der Waals surface area contributed by atoms with E-state index in [0.29, 0.717) is 4.31 Å². The van der Waals surface area contributed by atoms with Gasteiger partial charge in [0.25, 0.3) is 10.0 Å². The summed E-state index contributed by atoms with van der Waals surface area (Å²) in [5, 5.41) is 9.01. The highest BCUT2D eigenvalue weighted by Crippen LogP contribution is 2.38. The summed E-state index contributed by atoms with van der Waals surface area (Å²) in [6.07, 6.45) is 0. The summed E-state index contributed by atoms with van der Waals surface area (Å²) in [4.78, 5) is 10.8. The fraction of sp³-hybridized carbons (Fsp3) is 0.133. The first-order valence-electron chi connectivity index (χ1n) is 6.70. The summed E-state index contributed by atoms with van der Waals surface area (Å²) in [5.41, 5.74) is 0.0814. The van der Waals surface area contributed by atoms with Crippen molar-refractivity contribution in [3.63, 3.8) is 0 Å². The Morgan fingerprint density at radius 1 is 1.16 bits per heavy atom. The maximum atomic E-state index is 13.0. The monoisotopic (exact) mass is 423 g/mol. The van der Waals surface area contributed by atoms with E-state index in [1.165, 1.54) is 43.5 Å². The molecule has 0 heterocycles. The molecule has 0 aliphatic heterocycles. The summed E-state index contributed by atoms with van der Waals surface area (Å²) >= 11 is 18.0. The molecular formula is C15H12Cl3NO5S. The van der Waals surface area contributed by atoms with Crippen molar-refractivity contribution in [3.05, 3.63) is 51.5 Å². The van der Waals surface area contributed by atoms with Crippen LogP contribution in [0.25, 0.3) is 0 Å². The van der Waals surface area contributed by atoms with E-state index in [-0.39, 0.29) is 31.4 Å². The third-order valence-corrected chi connectivity index (χ3v) is 6.20. The van der Waals surface area contributed by atoms with Crippen molar-refractivity contribution in [3.8, 4) is 5.75 Å². The molecule has 0 amide bonds. The van der Waals surface area contributed by atoms with E-state index in [1.807, 2.05) is 0 Å². The summed E-state index contributed by atoms with van der Waals surface area (Å²) in [6.45, 7) is -0.817. The molecule has 0 unspecified atom stereocenters. The fourth-order valence-electron chi connectivity index (χ4n) is 2.06. The number of halogens is 3. The lowest BCUT2D eigenvalue weighted by Gasteiger charge is -2.24. The van der Waals surface area contributed by atoms with Crippen LogP contribution in [0.5, 0.6) is 5.75 Å². The molecule has 0 bridgehead atoms. The summed E-state index contributed by atoms with van der Waals surface area (Å²) in [5.74, 6) is -1.16. The van der Waals surface area contributed by atoms with Gasteiger partial charge < -0.3 is 9.84 Å². The van der Waals surface area contributed by atoms with Crippen molar-refractivity contribution in [1.82, 2.24) is 0 Å². The number of methoxy groups -OCH3 is 1. The topological polar surface area (TPSA) is 83.9 Å². The molecule has 0 aliphatic carbocycles. The van der Waals surface area contributed by atoms with E-state index in [2.05, 4.69) is 0 Å². The molecule has 134 valence electrons. The Morgan fingerprint density at radius 2 is 1.84 bits per heavy atom. The first-order chi connectivity index (χ1) is 11.7. The molecular weight excluding hydrogens is 413 g/mol. The molecule has 0 radical (unpaired) electrons. The Labute approximate surface area is 159 Å². The van der Waals surface area contributed by atoms with Crippen molar-refractivity contribution < 1.29 is 23.1 Å². The zero-order valence-corrected chi connectivity index (χ0v) is 15.8. The smallest absolute Gasteiger partial charge is 0.324 e. The number of hydrogen-bond acceptors (Lipinski definition) is 4. The number of nitrogens with zero attached hydrogens (tertiary/aromatic N) is 1. The van der Waals surface area contributed by atoms with Gasteiger partial charge in [0.05, 0.1) is 17.8 Å². The van der Waals surface area contributed by atoms with Crippen LogP contribution < -0.4 is 9.04 Å². The molecule has 10 heteroatoms. The Balaban J connectivity index is 2.64. The minimum absolute atomic E-state index is 0.0814. The van der Waals surface area contributed by atoms with Gasteiger partial charge in [-0.15, -0.1) is 0 Å². The molecule has 0 fully saturated rings. The SMILES string of the molecule is COc1ccc(S(=O)(=O)N(CC(=O)O)c2cccc(Cl)c2)c(Cl)c1Cl. The van der Waals surface area contributed by atoms with Gasteiger partial charge in [0.15, 0.2) is 0 Å². The van der Waals surface area contributed by atoms with Crippen LogP contribution in [0.15, 0.2) is 41.3 Å². The lowest BCUT2D eigenvalue weighted by Crippen LogP contribution is -2.36. The minimum Gasteiger partial charge on any atom is -0.495 e. The third kappa shape index (κ3) is 4.12. The fourth-order valence-corrected chi connectivity index (χ4v) is 4.47. The van der Waals surface area contributed by atoms with Crippen LogP contribution >= 0.6 is 34.8 Å². The second kappa shape index (κ2) is 7.70. The van der Waals surface area contributed by atoms with E-state index in [4.69, 9.17) is 44.6 Å². The highest BCUT2D eigenvalue weighted by molar-refractivity contribution is 7.93. The number of aliphatic carboxylic acids is 1. The molecule has 2 aromatic rings. The predicted octanol–water partition coefficient (Wildman–Crippen LogP) is 3.94. The van der Waals surface area contributed by atoms with Gasteiger partial charge in [0, 0.05) is 5.02 Å². The van der Waals surface area contributed by atoms with Gasteiger partial charge in [0.2, 0.25) is 0 Å². The predicted molar refractivity (Wildman–Crippen MR) is 96.6 cm³/mol. The summed E-state index contributed by atoms with van der Waals surface area (Å²) in [7, 11) is -2.97. The van der Waals surface area contributed by atoms with E-state index in [9.17, 15) is 13.2 Å². The quantitative estimate of drug-likeness (QED) is 0.759. The van der Waals surface area contributed by atoms with Gasteiger partial charge in [-0.05, 0) is 30.3 Å². The number of carboxylic acid groups (broad SMARTS) is 1. The summed E-state index contributed by atoms with van der Waals surface area (Å²) < 4.78 is 31.6. The van der Waals surface area contributed by atoms with Gasteiger partial charge >= 0.3 is 5.97 Å². The average Bonchev–Trinajstić information content (AvgIpc) is 2.54. The maximum absolute atomic E-state index is 13.0. The molecule has 2 aromatic carbocycles. The second-order valence-electron chi connectivity index (χ2n) is 4.78. The highest BCUT2D eigenvalue weighted by Gasteiger charge is 2.30. The van der Waals surface area contributed by atoms with Crippen molar-refractivity contribution >= 4 is 56.5 Å². The first kappa shape index (κ1) is 19.7. The van der Waals surface area contributed by atoms with Crippen molar-refractivity contribution in [1.29, 1.82) is 0 Å². The molecule has 1 N–H and O–H groups in total.